The lowest BCUT2D eigenvalue weighted by Gasteiger charge is -2.36. The van der Waals surface area contributed by atoms with Crippen molar-refractivity contribution in [3.8, 4) is 10.6 Å². The number of nitrogens with zero attached hydrogens (tertiary/aromatic N) is 5. The highest BCUT2D eigenvalue weighted by molar-refractivity contribution is 7.13. The van der Waals surface area contributed by atoms with E-state index in [-0.39, 0.29) is 11.9 Å². The van der Waals surface area contributed by atoms with Gasteiger partial charge in [0, 0.05) is 25.3 Å². The first-order valence-electron chi connectivity index (χ1n) is 8.54. The highest BCUT2D eigenvalue weighted by Crippen LogP contribution is 2.25. The van der Waals surface area contributed by atoms with E-state index in [0.717, 1.165) is 36.3 Å². The van der Waals surface area contributed by atoms with Crippen LogP contribution in [0, 0.1) is 0 Å². The molecule has 0 N–H and O–H groups in total. The summed E-state index contributed by atoms with van der Waals surface area (Å²) in [6.45, 7) is 1.49. The van der Waals surface area contributed by atoms with Crippen LogP contribution in [0.4, 0.5) is 0 Å². The second-order valence-corrected chi connectivity index (χ2v) is 7.33. The van der Waals surface area contributed by atoms with Gasteiger partial charge in [0.05, 0.1) is 22.6 Å². The monoisotopic (exact) mass is 357 g/mol. The molecule has 1 saturated heterocycles. The van der Waals surface area contributed by atoms with Crippen LogP contribution in [0.15, 0.2) is 23.8 Å². The summed E-state index contributed by atoms with van der Waals surface area (Å²) in [4.78, 5) is 33.2. The van der Waals surface area contributed by atoms with Gasteiger partial charge in [-0.25, -0.2) is 0 Å². The number of hydrogen-bond acceptors (Lipinski definition) is 6. The third kappa shape index (κ3) is 3.26. The predicted octanol–water partition coefficient (Wildman–Crippen LogP) is 1.71. The average Bonchev–Trinajstić information content (AvgIpc) is 3.33. The van der Waals surface area contributed by atoms with E-state index in [1.807, 2.05) is 12.1 Å². The maximum Gasteiger partial charge on any atom is 0.312 e. The summed E-state index contributed by atoms with van der Waals surface area (Å²) in [6.07, 6.45) is 6.08. The average molecular weight is 357 g/mol. The minimum Gasteiger partial charge on any atom is -0.330 e. The summed E-state index contributed by atoms with van der Waals surface area (Å²) in [6, 6.07) is 3.97. The fraction of sp³-hybridized carbons (Fsp3) is 0.471. The van der Waals surface area contributed by atoms with E-state index in [2.05, 4.69) is 15.2 Å². The highest BCUT2D eigenvalue weighted by Gasteiger charge is 2.37. The van der Waals surface area contributed by atoms with E-state index in [0.29, 0.717) is 25.3 Å². The SMILES string of the molecule is O=C1C(=O)N(C2CCCC2)CCN1Cc1ccc(-c2cncs2)nn1. The number of amides is 2. The normalized spacial score (nSPS) is 19.0. The third-order valence-corrected chi connectivity index (χ3v) is 5.66. The molecule has 130 valence electrons. The topological polar surface area (TPSA) is 79.3 Å². The molecule has 1 saturated carbocycles. The van der Waals surface area contributed by atoms with E-state index in [4.69, 9.17) is 0 Å². The van der Waals surface area contributed by atoms with Crippen LogP contribution < -0.4 is 0 Å². The summed E-state index contributed by atoms with van der Waals surface area (Å²) in [5.74, 6) is -0.793. The molecule has 2 aliphatic rings. The molecule has 0 aromatic carbocycles. The molecule has 7 nitrogen and oxygen atoms in total. The van der Waals surface area contributed by atoms with Gasteiger partial charge in [0.15, 0.2) is 0 Å². The number of rotatable bonds is 4. The van der Waals surface area contributed by atoms with Crippen LogP contribution in [0.2, 0.25) is 0 Å². The molecule has 1 aliphatic heterocycles. The van der Waals surface area contributed by atoms with Crippen molar-refractivity contribution in [3.63, 3.8) is 0 Å². The Morgan fingerprint density at radius 2 is 1.92 bits per heavy atom. The van der Waals surface area contributed by atoms with Crippen LogP contribution in [-0.4, -0.2) is 55.9 Å². The van der Waals surface area contributed by atoms with Gasteiger partial charge in [-0.15, -0.1) is 16.4 Å². The number of aromatic nitrogens is 3. The summed E-state index contributed by atoms with van der Waals surface area (Å²) in [5.41, 5.74) is 3.20. The first kappa shape index (κ1) is 16.1. The highest BCUT2D eigenvalue weighted by atomic mass is 32.1. The second kappa shape index (κ2) is 6.87. The van der Waals surface area contributed by atoms with Crippen LogP contribution in [-0.2, 0) is 16.1 Å². The van der Waals surface area contributed by atoms with Crippen molar-refractivity contribution in [2.45, 2.75) is 38.3 Å². The molecule has 1 aliphatic carbocycles. The smallest absolute Gasteiger partial charge is 0.312 e. The van der Waals surface area contributed by atoms with Crippen LogP contribution in [0.25, 0.3) is 10.6 Å². The Morgan fingerprint density at radius 1 is 1.08 bits per heavy atom. The molecule has 2 amide bonds. The van der Waals surface area contributed by atoms with Gasteiger partial charge >= 0.3 is 11.8 Å². The Labute approximate surface area is 149 Å². The molecular weight excluding hydrogens is 338 g/mol. The minimum absolute atomic E-state index is 0.247. The first-order valence-corrected chi connectivity index (χ1v) is 9.41. The van der Waals surface area contributed by atoms with Gasteiger partial charge in [0.25, 0.3) is 0 Å². The van der Waals surface area contributed by atoms with Gasteiger partial charge in [-0.3, -0.25) is 14.6 Å². The standard InChI is InChI=1S/C17H19N5O2S/c23-16-17(24)22(13-3-1-2-4-13)8-7-21(16)10-12-5-6-14(20-19-12)15-9-18-11-25-15/h5-6,9,11,13H,1-4,7-8,10H2. The van der Waals surface area contributed by atoms with E-state index in [1.54, 1.807) is 21.5 Å². The van der Waals surface area contributed by atoms with Crippen molar-refractivity contribution in [1.29, 1.82) is 0 Å². The Bertz CT molecular complexity index is 756. The second-order valence-electron chi connectivity index (χ2n) is 6.44. The lowest BCUT2D eigenvalue weighted by molar-refractivity contribution is -0.158. The molecule has 0 bridgehead atoms. The summed E-state index contributed by atoms with van der Waals surface area (Å²) in [7, 11) is 0. The number of carbonyl (C=O) groups excluding carboxylic acids is 2. The molecule has 3 heterocycles. The quantitative estimate of drug-likeness (QED) is 0.779. The molecule has 0 spiro atoms. The molecule has 0 atom stereocenters. The number of thiazole rings is 1. The molecule has 4 rings (SSSR count). The van der Waals surface area contributed by atoms with Crippen LogP contribution in [0.5, 0.6) is 0 Å². The lowest BCUT2D eigenvalue weighted by atomic mass is 10.1. The summed E-state index contributed by atoms with van der Waals surface area (Å²) < 4.78 is 0. The zero-order chi connectivity index (χ0) is 17.2. The maximum atomic E-state index is 12.4. The Morgan fingerprint density at radius 3 is 2.60 bits per heavy atom. The first-order chi connectivity index (χ1) is 12.2. The lowest BCUT2D eigenvalue weighted by Crippen LogP contribution is -2.56. The molecular formula is C17H19N5O2S. The Balaban J connectivity index is 1.41. The maximum absolute atomic E-state index is 12.4. The van der Waals surface area contributed by atoms with E-state index in [1.165, 1.54) is 11.3 Å². The van der Waals surface area contributed by atoms with Gasteiger partial charge in [-0.05, 0) is 25.0 Å². The molecule has 0 unspecified atom stereocenters. The zero-order valence-electron chi connectivity index (χ0n) is 13.8. The van der Waals surface area contributed by atoms with Crippen molar-refractivity contribution >= 4 is 23.2 Å². The van der Waals surface area contributed by atoms with Gasteiger partial charge in [-0.1, -0.05) is 12.8 Å². The molecule has 2 fully saturated rings. The molecule has 2 aromatic rings. The van der Waals surface area contributed by atoms with Crippen molar-refractivity contribution in [3.05, 3.63) is 29.5 Å². The molecule has 0 radical (unpaired) electrons. The van der Waals surface area contributed by atoms with Gasteiger partial charge in [0.1, 0.15) is 5.69 Å². The van der Waals surface area contributed by atoms with Crippen molar-refractivity contribution in [2.75, 3.05) is 13.1 Å². The van der Waals surface area contributed by atoms with Crippen LogP contribution >= 0.6 is 11.3 Å². The van der Waals surface area contributed by atoms with Crippen LogP contribution in [0.3, 0.4) is 0 Å². The fourth-order valence-corrected chi connectivity index (χ4v) is 4.10. The fourth-order valence-electron chi connectivity index (χ4n) is 3.52. The summed E-state index contributed by atoms with van der Waals surface area (Å²) in [5, 5.41) is 8.39. The Kier molecular flexibility index (Phi) is 4.44. The molecule has 25 heavy (non-hydrogen) atoms. The van der Waals surface area contributed by atoms with Crippen molar-refractivity contribution in [1.82, 2.24) is 25.0 Å². The Hall–Kier alpha value is -2.35. The zero-order valence-corrected chi connectivity index (χ0v) is 14.6. The van der Waals surface area contributed by atoms with E-state index < -0.39 is 5.91 Å². The number of hydrogen-bond donors (Lipinski definition) is 0. The predicted molar refractivity (Wildman–Crippen MR) is 92.5 cm³/mol. The number of piperazine rings is 1. The van der Waals surface area contributed by atoms with Crippen molar-refractivity contribution < 1.29 is 9.59 Å². The minimum atomic E-state index is -0.425. The van der Waals surface area contributed by atoms with Gasteiger partial charge in [-0.2, -0.15) is 5.10 Å². The van der Waals surface area contributed by atoms with Crippen molar-refractivity contribution in [2.24, 2.45) is 0 Å². The molecule has 8 heteroatoms. The van der Waals surface area contributed by atoms with E-state index in [9.17, 15) is 9.59 Å². The van der Waals surface area contributed by atoms with Gasteiger partial charge in [0.2, 0.25) is 0 Å². The van der Waals surface area contributed by atoms with Gasteiger partial charge < -0.3 is 9.80 Å². The molecule has 2 aromatic heterocycles. The number of carbonyl (C=O) groups is 2. The third-order valence-electron chi connectivity index (χ3n) is 4.86. The largest absolute Gasteiger partial charge is 0.330 e. The van der Waals surface area contributed by atoms with Crippen LogP contribution in [0.1, 0.15) is 31.4 Å². The summed E-state index contributed by atoms with van der Waals surface area (Å²) >= 11 is 1.50. The van der Waals surface area contributed by atoms with E-state index >= 15 is 0 Å².